The van der Waals surface area contributed by atoms with Gasteiger partial charge in [-0.05, 0) is 61.4 Å². The van der Waals surface area contributed by atoms with Crippen LogP contribution in [0.15, 0.2) is 35.0 Å². The number of hydrogen-bond acceptors (Lipinski definition) is 4. The van der Waals surface area contributed by atoms with Gasteiger partial charge < -0.3 is 10.6 Å². The molecule has 2 amide bonds. The Kier molecular flexibility index (Phi) is 7.26. The quantitative estimate of drug-likeness (QED) is 0.723. The van der Waals surface area contributed by atoms with Crippen LogP contribution >= 0.6 is 22.7 Å². The highest BCUT2D eigenvalue weighted by Crippen LogP contribution is 2.29. The molecule has 1 aliphatic rings. The molecule has 0 aliphatic heterocycles. The van der Waals surface area contributed by atoms with Crippen LogP contribution in [-0.4, -0.2) is 24.9 Å². The van der Waals surface area contributed by atoms with Gasteiger partial charge in [-0.1, -0.05) is 12.1 Å². The second kappa shape index (κ2) is 9.88. The first-order chi connectivity index (χ1) is 12.7. The molecular formula is C20H26N2O2S2. The molecule has 2 aromatic rings. The van der Waals surface area contributed by atoms with Crippen LogP contribution in [0, 0.1) is 11.8 Å². The van der Waals surface area contributed by atoms with Crippen molar-refractivity contribution in [2.45, 2.75) is 38.5 Å². The van der Waals surface area contributed by atoms with Gasteiger partial charge in [-0.3, -0.25) is 9.59 Å². The average Bonchev–Trinajstić information content (AvgIpc) is 3.36. The molecular weight excluding hydrogens is 364 g/mol. The smallest absolute Gasteiger partial charge is 0.223 e. The summed E-state index contributed by atoms with van der Waals surface area (Å²) >= 11 is 3.45. The van der Waals surface area contributed by atoms with E-state index in [1.807, 2.05) is 12.1 Å². The normalized spacial score (nSPS) is 19.8. The molecule has 4 nitrogen and oxygen atoms in total. The summed E-state index contributed by atoms with van der Waals surface area (Å²) in [7, 11) is 0. The molecule has 0 spiro atoms. The van der Waals surface area contributed by atoms with E-state index in [0.717, 1.165) is 38.5 Å². The topological polar surface area (TPSA) is 58.2 Å². The minimum atomic E-state index is 0.0634. The van der Waals surface area contributed by atoms with Crippen molar-refractivity contribution in [3.8, 4) is 0 Å². The zero-order chi connectivity index (χ0) is 18.2. The van der Waals surface area contributed by atoms with E-state index in [9.17, 15) is 9.59 Å². The van der Waals surface area contributed by atoms with Crippen LogP contribution in [0.1, 0.15) is 35.4 Å². The molecule has 1 fully saturated rings. The summed E-state index contributed by atoms with van der Waals surface area (Å²) in [4.78, 5) is 27.2. The van der Waals surface area contributed by atoms with Crippen molar-refractivity contribution in [3.05, 3.63) is 44.8 Å². The minimum absolute atomic E-state index is 0.0634. The Bertz CT molecular complexity index is 614. The molecule has 0 aromatic carbocycles. The lowest BCUT2D eigenvalue weighted by Gasteiger charge is -2.27. The lowest BCUT2D eigenvalue weighted by Crippen LogP contribution is -2.38. The number of carbonyl (C=O) groups is 2. The Morgan fingerprint density at radius 3 is 1.58 bits per heavy atom. The highest BCUT2D eigenvalue weighted by Gasteiger charge is 2.29. The molecule has 0 saturated heterocycles. The number of carbonyl (C=O) groups excluding carboxylic acids is 2. The zero-order valence-electron chi connectivity index (χ0n) is 14.9. The fourth-order valence-electron chi connectivity index (χ4n) is 3.43. The molecule has 140 valence electrons. The Hall–Kier alpha value is -1.66. The van der Waals surface area contributed by atoms with Gasteiger partial charge in [0.2, 0.25) is 11.8 Å². The largest absolute Gasteiger partial charge is 0.356 e. The highest BCUT2D eigenvalue weighted by atomic mass is 32.1. The SMILES string of the molecule is O=C(NCCc1cccs1)C1CCC(C(=O)NCCc2cccs2)CC1. The number of hydrogen-bond donors (Lipinski definition) is 2. The molecule has 26 heavy (non-hydrogen) atoms. The molecule has 6 heteroatoms. The summed E-state index contributed by atoms with van der Waals surface area (Å²) in [6, 6.07) is 8.27. The number of nitrogens with one attached hydrogen (secondary N) is 2. The molecule has 0 bridgehead atoms. The molecule has 2 heterocycles. The van der Waals surface area contributed by atoms with Crippen LogP contribution in [0.3, 0.4) is 0 Å². The first-order valence-corrected chi connectivity index (χ1v) is 11.1. The summed E-state index contributed by atoms with van der Waals surface area (Å²) in [5.74, 6) is 0.429. The van der Waals surface area contributed by atoms with E-state index in [1.165, 1.54) is 9.75 Å². The van der Waals surface area contributed by atoms with Gasteiger partial charge in [0.25, 0.3) is 0 Å². The average molecular weight is 391 g/mol. The summed E-state index contributed by atoms with van der Waals surface area (Å²) in [5, 5.41) is 10.2. The first-order valence-electron chi connectivity index (χ1n) is 9.32. The maximum atomic E-state index is 12.3. The van der Waals surface area contributed by atoms with Crippen molar-refractivity contribution in [3.63, 3.8) is 0 Å². The fourth-order valence-corrected chi connectivity index (χ4v) is 4.85. The van der Waals surface area contributed by atoms with E-state index < -0.39 is 0 Å². The summed E-state index contributed by atoms with van der Waals surface area (Å²) < 4.78 is 0. The van der Waals surface area contributed by atoms with Crippen molar-refractivity contribution >= 4 is 34.5 Å². The van der Waals surface area contributed by atoms with Crippen LogP contribution < -0.4 is 10.6 Å². The fraction of sp³-hybridized carbons (Fsp3) is 0.500. The van der Waals surface area contributed by atoms with Crippen molar-refractivity contribution < 1.29 is 9.59 Å². The molecule has 3 rings (SSSR count). The van der Waals surface area contributed by atoms with Crippen molar-refractivity contribution in [2.75, 3.05) is 13.1 Å². The second-order valence-corrected chi connectivity index (χ2v) is 8.85. The Labute approximate surface area is 163 Å². The van der Waals surface area contributed by atoms with Crippen molar-refractivity contribution in [1.29, 1.82) is 0 Å². The molecule has 1 saturated carbocycles. The van der Waals surface area contributed by atoms with Gasteiger partial charge in [-0.2, -0.15) is 0 Å². The summed E-state index contributed by atoms with van der Waals surface area (Å²) in [6.07, 6.45) is 5.04. The van der Waals surface area contributed by atoms with E-state index in [2.05, 4.69) is 33.5 Å². The van der Waals surface area contributed by atoms with Gasteiger partial charge in [-0.25, -0.2) is 0 Å². The molecule has 0 radical (unpaired) electrons. The van der Waals surface area contributed by atoms with E-state index >= 15 is 0 Å². The van der Waals surface area contributed by atoms with E-state index in [1.54, 1.807) is 22.7 Å². The first kappa shape index (κ1) is 19.1. The van der Waals surface area contributed by atoms with Crippen LogP contribution in [0.2, 0.25) is 0 Å². The highest BCUT2D eigenvalue weighted by molar-refractivity contribution is 7.10. The van der Waals surface area contributed by atoms with Gasteiger partial charge in [0.15, 0.2) is 0 Å². The maximum Gasteiger partial charge on any atom is 0.223 e. The van der Waals surface area contributed by atoms with Crippen LogP contribution in [0.5, 0.6) is 0 Å². The molecule has 0 atom stereocenters. The Morgan fingerprint density at radius 2 is 1.23 bits per heavy atom. The van der Waals surface area contributed by atoms with Gasteiger partial charge in [-0.15, -0.1) is 22.7 Å². The van der Waals surface area contributed by atoms with Gasteiger partial charge in [0, 0.05) is 34.7 Å². The summed E-state index contributed by atoms with van der Waals surface area (Å²) in [6.45, 7) is 1.39. The third-order valence-corrected chi connectivity index (χ3v) is 6.84. The van der Waals surface area contributed by atoms with Crippen LogP contribution in [-0.2, 0) is 22.4 Å². The second-order valence-electron chi connectivity index (χ2n) is 6.79. The Balaban J connectivity index is 1.31. The predicted molar refractivity (Wildman–Crippen MR) is 108 cm³/mol. The van der Waals surface area contributed by atoms with E-state index in [0.29, 0.717) is 13.1 Å². The molecule has 1 aliphatic carbocycles. The van der Waals surface area contributed by atoms with Crippen molar-refractivity contribution in [2.24, 2.45) is 11.8 Å². The molecule has 2 aromatic heterocycles. The lowest BCUT2D eigenvalue weighted by molar-refractivity contribution is -0.130. The molecule has 2 N–H and O–H groups in total. The zero-order valence-corrected chi connectivity index (χ0v) is 16.5. The van der Waals surface area contributed by atoms with Gasteiger partial charge in [0.1, 0.15) is 0 Å². The number of amides is 2. The van der Waals surface area contributed by atoms with Crippen LogP contribution in [0.25, 0.3) is 0 Å². The summed E-state index contributed by atoms with van der Waals surface area (Å²) in [5.41, 5.74) is 0. The van der Waals surface area contributed by atoms with Gasteiger partial charge >= 0.3 is 0 Å². The third-order valence-electron chi connectivity index (χ3n) is 4.97. The van der Waals surface area contributed by atoms with Gasteiger partial charge in [0.05, 0.1) is 0 Å². The third kappa shape index (κ3) is 5.68. The maximum absolute atomic E-state index is 12.3. The monoisotopic (exact) mass is 390 g/mol. The standard InChI is InChI=1S/C20H26N2O2S2/c23-19(21-11-9-17-3-1-13-25-17)15-5-7-16(8-6-15)20(24)22-12-10-18-4-2-14-26-18/h1-4,13-16H,5-12H2,(H,21,23)(H,22,24). The van der Waals surface area contributed by atoms with Crippen LogP contribution in [0.4, 0.5) is 0 Å². The van der Waals surface area contributed by atoms with E-state index in [-0.39, 0.29) is 23.7 Å². The lowest BCUT2D eigenvalue weighted by atomic mass is 9.81. The van der Waals surface area contributed by atoms with E-state index in [4.69, 9.17) is 0 Å². The molecule has 0 unspecified atom stereocenters. The Morgan fingerprint density at radius 1 is 0.808 bits per heavy atom. The number of rotatable bonds is 8. The number of thiophene rings is 2. The predicted octanol–water partition coefficient (Wildman–Crippen LogP) is 3.63. The van der Waals surface area contributed by atoms with Crippen molar-refractivity contribution in [1.82, 2.24) is 10.6 Å². The minimum Gasteiger partial charge on any atom is -0.356 e.